The highest BCUT2D eigenvalue weighted by Crippen LogP contribution is 2.37. The predicted molar refractivity (Wildman–Crippen MR) is 83.6 cm³/mol. The van der Waals surface area contributed by atoms with Crippen molar-refractivity contribution in [1.82, 2.24) is 9.97 Å². The molecular weight excluding hydrogens is 300 g/mol. The minimum Gasteiger partial charge on any atom is -0.355 e. The average molecular weight is 315 g/mol. The molecule has 0 unspecified atom stereocenters. The van der Waals surface area contributed by atoms with E-state index in [-0.39, 0.29) is 0 Å². The molecule has 0 spiro atoms. The van der Waals surface area contributed by atoms with E-state index in [9.17, 15) is 0 Å². The van der Waals surface area contributed by atoms with Gasteiger partial charge in [-0.3, -0.25) is 0 Å². The largest absolute Gasteiger partial charge is 0.355 e. The summed E-state index contributed by atoms with van der Waals surface area (Å²) >= 11 is 9.46. The van der Waals surface area contributed by atoms with Crippen LogP contribution in [0.1, 0.15) is 12.8 Å². The van der Waals surface area contributed by atoms with Crippen molar-refractivity contribution < 1.29 is 0 Å². The van der Waals surface area contributed by atoms with E-state index >= 15 is 0 Å². The minimum absolute atomic E-state index is 0.314. The molecule has 2 aromatic heterocycles. The maximum atomic E-state index is 6.08. The van der Waals surface area contributed by atoms with Crippen LogP contribution in [0.3, 0.4) is 0 Å². The fourth-order valence-corrected chi connectivity index (χ4v) is 4.31. The van der Waals surface area contributed by atoms with E-state index in [0.29, 0.717) is 11.3 Å². The van der Waals surface area contributed by atoms with E-state index in [4.69, 9.17) is 17.3 Å². The summed E-state index contributed by atoms with van der Waals surface area (Å²) < 4.78 is 1.13. The molecule has 0 aliphatic carbocycles. The highest BCUT2D eigenvalue weighted by atomic mass is 35.5. The van der Waals surface area contributed by atoms with Crippen LogP contribution in [0, 0.1) is 0 Å². The molecule has 1 fully saturated rings. The summed E-state index contributed by atoms with van der Waals surface area (Å²) in [5.74, 6) is 0.965. The molecule has 2 N–H and O–H groups in total. The molecule has 102 valence electrons. The lowest BCUT2D eigenvalue weighted by atomic mass is 10.1. The summed E-state index contributed by atoms with van der Waals surface area (Å²) in [4.78, 5) is 12.3. The molecule has 1 aliphatic rings. The number of nitrogens with zero attached hydrogens (tertiary/aromatic N) is 3. The number of fused-ring (bicyclic) bond motifs is 1. The van der Waals surface area contributed by atoms with Crippen molar-refractivity contribution in [3.05, 3.63) is 10.7 Å². The van der Waals surface area contributed by atoms with Gasteiger partial charge in [-0.2, -0.15) is 4.98 Å². The van der Waals surface area contributed by atoms with Crippen molar-refractivity contribution in [3.8, 4) is 0 Å². The molecule has 1 aliphatic heterocycles. The zero-order chi connectivity index (χ0) is 13.4. The Balaban J connectivity index is 2.05. The summed E-state index contributed by atoms with van der Waals surface area (Å²) in [6, 6.07) is 0.314. The second-order valence-electron chi connectivity index (χ2n) is 4.62. The number of hydrogen-bond donors (Lipinski definition) is 1. The highest BCUT2D eigenvalue weighted by molar-refractivity contribution is 7.99. The van der Waals surface area contributed by atoms with E-state index in [1.165, 1.54) is 4.90 Å². The van der Waals surface area contributed by atoms with Gasteiger partial charge in [0.15, 0.2) is 5.82 Å². The third-order valence-electron chi connectivity index (χ3n) is 3.40. The molecule has 0 saturated carbocycles. The van der Waals surface area contributed by atoms with E-state index in [0.717, 1.165) is 42.0 Å². The van der Waals surface area contributed by atoms with Crippen LogP contribution >= 0.6 is 34.7 Å². The Morgan fingerprint density at radius 2 is 2.16 bits per heavy atom. The van der Waals surface area contributed by atoms with E-state index < -0.39 is 0 Å². The first-order valence-electron chi connectivity index (χ1n) is 6.18. The van der Waals surface area contributed by atoms with Crippen molar-refractivity contribution in [1.29, 1.82) is 0 Å². The number of rotatable bonds is 2. The first-order chi connectivity index (χ1) is 9.19. The van der Waals surface area contributed by atoms with Gasteiger partial charge >= 0.3 is 0 Å². The predicted octanol–water partition coefficient (Wildman–Crippen LogP) is 2.99. The molecule has 0 bridgehead atoms. The van der Waals surface area contributed by atoms with Gasteiger partial charge in [-0.05, 0) is 30.7 Å². The van der Waals surface area contributed by atoms with Crippen LogP contribution in [0.5, 0.6) is 0 Å². The van der Waals surface area contributed by atoms with Gasteiger partial charge in [0.2, 0.25) is 5.28 Å². The number of nitrogens with two attached hydrogens (primary N) is 1. The standard InChI is InChI=1S/C12H15ClN4S2/c1-18-8-6-19-10-9(8)15-12(13)16-11(10)17-4-2-7(14)3-5-17/h6-7H,2-5,14H2,1H3. The lowest BCUT2D eigenvalue weighted by molar-refractivity contribution is 0.499. The fourth-order valence-electron chi connectivity index (χ4n) is 2.33. The molecule has 0 aromatic carbocycles. The lowest BCUT2D eigenvalue weighted by Gasteiger charge is -2.31. The number of halogens is 1. The maximum absolute atomic E-state index is 6.08. The van der Waals surface area contributed by atoms with E-state index in [2.05, 4.69) is 26.5 Å². The quantitative estimate of drug-likeness (QED) is 0.682. The Kier molecular flexibility index (Phi) is 3.84. The number of piperidine rings is 1. The molecule has 1 saturated heterocycles. The van der Waals surface area contributed by atoms with Crippen LogP contribution in [0.4, 0.5) is 5.82 Å². The zero-order valence-corrected chi connectivity index (χ0v) is 13.0. The topological polar surface area (TPSA) is 55.0 Å². The molecule has 0 amide bonds. The van der Waals surface area contributed by atoms with E-state index in [1.807, 2.05) is 0 Å². The Hall–Kier alpha value is -0.560. The Morgan fingerprint density at radius 3 is 2.84 bits per heavy atom. The lowest BCUT2D eigenvalue weighted by Crippen LogP contribution is -2.40. The number of aromatic nitrogens is 2. The molecule has 0 radical (unpaired) electrons. The third kappa shape index (κ3) is 2.54. The summed E-state index contributed by atoms with van der Waals surface area (Å²) in [5.41, 5.74) is 6.93. The van der Waals surface area contributed by atoms with Gasteiger partial charge in [0.05, 0.1) is 4.70 Å². The Labute approximate surface area is 125 Å². The van der Waals surface area contributed by atoms with Crippen LogP contribution in [0.2, 0.25) is 5.28 Å². The molecule has 0 atom stereocenters. The Morgan fingerprint density at radius 1 is 1.42 bits per heavy atom. The molecule has 7 heteroatoms. The van der Waals surface area contributed by atoms with Gasteiger partial charge in [-0.15, -0.1) is 23.1 Å². The molecule has 3 rings (SSSR count). The minimum atomic E-state index is 0.314. The molecule has 2 aromatic rings. The van der Waals surface area contributed by atoms with Crippen LogP contribution in [0.25, 0.3) is 10.2 Å². The zero-order valence-electron chi connectivity index (χ0n) is 10.6. The monoisotopic (exact) mass is 314 g/mol. The summed E-state index contributed by atoms with van der Waals surface area (Å²) in [6.07, 6.45) is 4.06. The van der Waals surface area contributed by atoms with Crippen LogP contribution in [-0.4, -0.2) is 35.4 Å². The smallest absolute Gasteiger partial charge is 0.225 e. The highest BCUT2D eigenvalue weighted by Gasteiger charge is 2.21. The maximum Gasteiger partial charge on any atom is 0.225 e. The van der Waals surface area contributed by atoms with Crippen LogP contribution in [-0.2, 0) is 0 Å². The van der Waals surface area contributed by atoms with Crippen LogP contribution < -0.4 is 10.6 Å². The van der Waals surface area contributed by atoms with Crippen molar-refractivity contribution in [2.24, 2.45) is 5.73 Å². The molecule has 4 nitrogen and oxygen atoms in total. The first kappa shape index (κ1) is 13.4. The number of hydrogen-bond acceptors (Lipinski definition) is 6. The van der Waals surface area contributed by atoms with Crippen LogP contribution in [0.15, 0.2) is 10.3 Å². The normalized spacial score (nSPS) is 17.3. The van der Waals surface area contributed by atoms with Crippen molar-refractivity contribution in [2.45, 2.75) is 23.8 Å². The van der Waals surface area contributed by atoms with Crippen molar-refractivity contribution >= 4 is 50.7 Å². The van der Waals surface area contributed by atoms with Gasteiger partial charge < -0.3 is 10.6 Å². The molecular formula is C12H15ClN4S2. The van der Waals surface area contributed by atoms with Gasteiger partial charge in [-0.1, -0.05) is 0 Å². The van der Waals surface area contributed by atoms with Crippen molar-refractivity contribution in [2.75, 3.05) is 24.2 Å². The summed E-state index contributed by atoms with van der Waals surface area (Å²) in [7, 11) is 0. The summed E-state index contributed by atoms with van der Waals surface area (Å²) in [6.45, 7) is 1.88. The number of thiophene rings is 1. The summed E-state index contributed by atoms with van der Waals surface area (Å²) in [5, 5.41) is 2.45. The second kappa shape index (κ2) is 5.44. The third-order valence-corrected chi connectivity index (χ3v) is 5.43. The van der Waals surface area contributed by atoms with Gasteiger partial charge in [0, 0.05) is 29.4 Å². The SMILES string of the molecule is CSc1csc2c(N3CCC(N)CC3)nc(Cl)nc12. The molecule has 3 heterocycles. The Bertz CT molecular complexity index is 593. The van der Waals surface area contributed by atoms with Gasteiger partial charge in [0.25, 0.3) is 0 Å². The first-order valence-corrected chi connectivity index (χ1v) is 8.66. The van der Waals surface area contributed by atoms with Gasteiger partial charge in [-0.25, -0.2) is 4.98 Å². The number of anilines is 1. The molecule has 19 heavy (non-hydrogen) atoms. The number of thioether (sulfide) groups is 1. The fraction of sp³-hybridized carbons (Fsp3) is 0.500. The average Bonchev–Trinajstić information content (AvgIpc) is 2.81. The van der Waals surface area contributed by atoms with Crippen molar-refractivity contribution in [3.63, 3.8) is 0 Å². The van der Waals surface area contributed by atoms with E-state index in [1.54, 1.807) is 23.1 Å². The second-order valence-corrected chi connectivity index (χ2v) is 6.69. The van der Waals surface area contributed by atoms with Gasteiger partial charge in [0.1, 0.15) is 5.52 Å².